The Morgan fingerprint density at radius 3 is 2.40 bits per heavy atom. The number of hydrogen-bond donors (Lipinski definition) is 2. The lowest BCUT2D eigenvalue weighted by molar-refractivity contribution is 0.403. The molecule has 5 nitrogen and oxygen atoms in total. The van der Waals surface area contributed by atoms with Crippen molar-refractivity contribution in [3.8, 4) is 0 Å². The molecule has 1 aromatic heterocycles. The molecule has 0 spiro atoms. The molecule has 0 bridgehead atoms. The van der Waals surface area contributed by atoms with E-state index in [-0.39, 0.29) is 10.9 Å². The number of nitrogens with one attached hydrogen (secondary N) is 1. The quantitative estimate of drug-likeness (QED) is 0.657. The summed E-state index contributed by atoms with van der Waals surface area (Å²) in [5.41, 5.74) is 3.14. The number of thiophene rings is 1. The van der Waals surface area contributed by atoms with Gasteiger partial charge in [-0.25, -0.2) is 8.42 Å². The molecule has 1 heterocycles. The molecular formula is C13H17N3O2S2. The Labute approximate surface area is 123 Å². The standard InChI is InChI=1S/C13H17N3O2S2/c1-10(13-4-3-9-19-13)16(2)20(17,18)12-7-5-11(15-14)6-8-12/h3-10,15H,14H2,1-2H3. The molecule has 7 heteroatoms. The second-order valence-electron chi connectivity index (χ2n) is 4.38. The van der Waals surface area contributed by atoms with Crippen LogP contribution in [0.4, 0.5) is 5.69 Å². The van der Waals surface area contributed by atoms with Crippen LogP contribution >= 0.6 is 11.3 Å². The van der Waals surface area contributed by atoms with E-state index in [0.29, 0.717) is 5.69 Å². The largest absolute Gasteiger partial charge is 0.324 e. The summed E-state index contributed by atoms with van der Waals surface area (Å²) in [7, 11) is -1.93. The maximum absolute atomic E-state index is 12.5. The number of anilines is 1. The van der Waals surface area contributed by atoms with Gasteiger partial charge in [0.1, 0.15) is 0 Å². The van der Waals surface area contributed by atoms with Crippen LogP contribution in [0, 0.1) is 0 Å². The van der Waals surface area contributed by atoms with Gasteiger partial charge in [-0.05, 0) is 42.6 Å². The SMILES string of the molecule is CC(c1cccs1)N(C)S(=O)(=O)c1ccc(NN)cc1. The first-order valence-electron chi connectivity index (χ1n) is 6.05. The van der Waals surface area contributed by atoms with Gasteiger partial charge >= 0.3 is 0 Å². The zero-order chi connectivity index (χ0) is 14.8. The first kappa shape index (κ1) is 15.0. The van der Waals surface area contributed by atoms with E-state index in [9.17, 15) is 8.42 Å². The molecule has 0 saturated carbocycles. The van der Waals surface area contributed by atoms with E-state index in [2.05, 4.69) is 5.43 Å². The highest BCUT2D eigenvalue weighted by Gasteiger charge is 2.26. The van der Waals surface area contributed by atoms with E-state index in [1.807, 2.05) is 24.4 Å². The van der Waals surface area contributed by atoms with Gasteiger partial charge in [-0.1, -0.05) is 6.07 Å². The number of hydrazine groups is 1. The summed E-state index contributed by atoms with van der Waals surface area (Å²) in [6, 6.07) is 10.0. The lowest BCUT2D eigenvalue weighted by Gasteiger charge is -2.23. The van der Waals surface area contributed by atoms with Gasteiger partial charge in [-0.15, -0.1) is 11.3 Å². The summed E-state index contributed by atoms with van der Waals surface area (Å²) in [6.45, 7) is 1.87. The van der Waals surface area contributed by atoms with Crippen LogP contribution < -0.4 is 11.3 Å². The van der Waals surface area contributed by atoms with Gasteiger partial charge in [0.25, 0.3) is 0 Å². The maximum atomic E-state index is 12.5. The van der Waals surface area contributed by atoms with Gasteiger partial charge in [0.15, 0.2) is 0 Å². The maximum Gasteiger partial charge on any atom is 0.243 e. The van der Waals surface area contributed by atoms with Crippen LogP contribution in [0.1, 0.15) is 17.8 Å². The van der Waals surface area contributed by atoms with E-state index >= 15 is 0 Å². The molecule has 0 aliphatic carbocycles. The molecule has 0 amide bonds. The lowest BCUT2D eigenvalue weighted by atomic mass is 10.3. The predicted molar refractivity (Wildman–Crippen MR) is 81.9 cm³/mol. The van der Waals surface area contributed by atoms with Crippen molar-refractivity contribution in [2.24, 2.45) is 5.84 Å². The topological polar surface area (TPSA) is 75.4 Å². The fraction of sp³-hybridized carbons (Fsp3) is 0.231. The number of nitrogens with zero attached hydrogens (tertiary/aromatic N) is 1. The number of nitrogen functional groups attached to an aromatic ring is 1. The highest BCUT2D eigenvalue weighted by Crippen LogP contribution is 2.28. The Kier molecular flexibility index (Phi) is 4.44. The molecule has 2 rings (SSSR count). The first-order chi connectivity index (χ1) is 9.46. The molecule has 3 N–H and O–H groups in total. The normalized spacial score (nSPS) is 13.4. The van der Waals surface area contributed by atoms with Crippen molar-refractivity contribution in [3.63, 3.8) is 0 Å². The van der Waals surface area contributed by atoms with Crippen molar-refractivity contribution in [3.05, 3.63) is 46.7 Å². The first-order valence-corrected chi connectivity index (χ1v) is 8.37. The lowest BCUT2D eigenvalue weighted by Crippen LogP contribution is -2.29. The van der Waals surface area contributed by atoms with E-state index in [1.165, 1.54) is 4.31 Å². The van der Waals surface area contributed by atoms with E-state index in [1.54, 1.807) is 42.6 Å². The summed E-state index contributed by atoms with van der Waals surface area (Å²) in [5, 5.41) is 1.94. The minimum absolute atomic E-state index is 0.202. The molecule has 1 aromatic carbocycles. The molecule has 0 aliphatic heterocycles. The molecule has 0 aliphatic rings. The van der Waals surface area contributed by atoms with Crippen molar-refractivity contribution < 1.29 is 8.42 Å². The third-order valence-corrected chi connectivity index (χ3v) is 6.18. The summed E-state index contributed by atoms with van der Waals surface area (Å²) in [6.07, 6.45) is 0. The summed E-state index contributed by atoms with van der Waals surface area (Å²) in [4.78, 5) is 1.26. The summed E-state index contributed by atoms with van der Waals surface area (Å²) < 4.78 is 26.5. The van der Waals surface area contributed by atoms with E-state index in [4.69, 9.17) is 5.84 Å². The molecule has 0 fully saturated rings. The second kappa shape index (κ2) is 5.92. The number of hydrogen-bond acceptors (Lipinski definition) is 5. The third kappa shape index (κ3) is 2.85. The number of benzene rings is 1. The molecule has 1 atom stereocenters. The molecule has 2 aromatic rings. The smallest absolute Gasteiger partial charge is 0.243 e. The van der Waals surface area contributed by atoms with Gasteiger partial charge < -0.3 is 5.43 Å². The van der Waals surface area contributed by atoms with Crippen LogP contribution in [0.5, 0.6) is 0 Å². The van der Waals surface area contributed by atoms with E-state index < -0.39 is 10.0 Å². The van der Waals surface area contributed by atoms with Crippen molar-refractivity contribution >= 4 is 27.0 Å². The number of rotatable bonds is 5. The minimum atomic E-state index is -3.52. The highest BCUT2D eigenvalue weighted by atomic mass is 32.2. The van der Waals surface area contributed by atoms with Gasteiger partial charge in [0.2, 0.25) is 10.0 Å². The van der Waals surface area contributed by atoms with Crippen LogP contribution in [-0.4, -0.2) is 19.8 Å². The Morgan fingerprint density at radius 1 is 1.25 bits per heavy atom. The highest BCUT2D eigenvalue weighted by molar-refractivity contribution is 7.89. The van der Waals surface area contributed by atoms with Crippen LogP contribution in [0.15, 0.2) is 46.7 Å². The van der Waals surface area contributed by atoms with Crippen LogP contribution in [0.3, 0.4) is 0 Å². The Balaban J connectivity index is 2.29. The number of sulfonamides is 1. The van der Waals surface area contributed by atoms with Crippen LogP contribution in [0.2, 0.25) is 0 Å². The molecular weight excluding hydrogens is 294 g/mol. The predicted octanol–water partition coefficient (Wildman–Crippen LogP) is 2.42. The fourth-order valence-electron chi connectivity index (χ4n) is 1.81. The van der Waals surface area contributed by atoms with Gasteiger partial charge in [0, 0.05) is 17.6 Å². The summed E-state index contributed by atoms with van der Waals surface area (Å²) >= 11 is 1.54. The average molecular weight is 311 g/mol. The fourth-order valence-corrected chi connectivity index (χ4v) is 4.04. The van der Waals surface area contributed by atoms with Crippen LogP contribution in [-0.2, 0) is 10.0 Å². The molecule has 0 radical (unpaired) electrons. The Morgan fingerprint density at radius 2 is 1.90 bits per heavy atom. The monoisotopic (exact) mass is 311 g/mol. The average Bonchev–Trinajstić information content (AvgIpc) is 3.00. The van der Waals surface area contributed by atoms with Crippen molar-refractivity contribution in [2.45, 2.75) is 17.9 Å². The number of nitrogens with two attached hydrogens (primary N) is 1. The molecule has 0 saturated heterocycles. The Hall–Kier alpha value is -1.41. The summed E-state index contributed by atoms with van der Waals surface area (Å²) in [5.74, 6) is 5.27. The van der Waals surface area contributed by atoms with Gasteiger partial charge in [-0.3, -0.25) is 5.84 Å². The van der Waals surface area contributed by atoms with Crippen molar-refractivity contribution in [1.82, 2.24) is 4.31 Å². The molecule has 108 valence electrons. The van der Waals surface area contributed by atoms with Gasteiger partial charge in [-0.2, -0.15) is 4.31 Å². The molecule has 20 heavy (non-hydrogen) atoms. The van der Waals surface area contributed by atoms with Crippen molar-refractivity contribution in [2.75, 3.05) is 12.5 Å². The minimum Gasteiger partial charge on any atom is -0.324 e. The zero-order valence-corrected chi connectivity index (χ0v) is 12.9. The molecule has 1 unspecified atom stereocenters. The van der Waals surface area contributed by atoms with Crippen molar-refractivity contribution in [1.29, 1.82) is 0 Å². The van der Waals surface area contributed by atoms with Crippen LogP contribution in [0.25, 0.3) is 0 Å². The second-order valence-corrected chi connectivity index (χ2v) is 7.36. The third-order valence-electron chi connectivity index (χ3n) is 3.20. The zero-order valence-electron chi connectivity index (χ0n) is 11.3. The Bertz CT molecular complexity index is 651. The van der Waals surface area contributed by atoms with Gasteiger partial charge in [0.05, 0.1) is 10.9 Å². The van der Waals surface area contributed by atoms with E-state index in [0.717, 1.165) is 4.88 Å².